The summed E-state index contributed by atoms with van der Waals surface area (Å²) in [6.45, 7) is 3.86. The van der Waals surface area contributed by atoms with E-state index in [1.807, 2.05) is 24.2 Å². The van der Waals surface area contributed by atoms with Crippen molar-refractivity contribution in [3.8, 4) is 0 Å². The van der Waals surface area contributed by atoms with Crippen LogP contribution in [0, 0.1) is 0 Å². The molecule has 0 atom stereocenters. The maximum absolute atomic E-state index is 8.83. The van der Waals surface area contributed by atoms with Gasteiger partial charge >= 0.3 is 0 Å². The van der Waals surface area contributed by atoms with E-state index in [1.54, 1.807) is 6.20 Å². The summed E-state index contributed by atoms with van der Waals surface area (Å²) in [5.41, 5.74) is 2.05. The van der Waals surface area contributed by atoms with Crippen molar-refractivity contribution in [2.24, 2.45) is 0 Å². The SMILES string of the molecule is CCCNc1cncc(N(C)CCO)c1. The molecule has 4 nitrogen and oxygen atoms in total. The highest BCUT2D eigenvalue weighted by molar-refractivity contribution is 5.55. The number of rotatable bonds is 6. The number of aliphatic hydroxyl groups is 1. The molecule has 0 aliphatic heterocycles. The molecule has 2 N–H and O–H groups in total. The monoisotopic (exact) mass is 209 g/mol. The van der Waals surface area contributed by atoms with E-state index < -0.39 is 0 Å². The van der Waals surface area contributed by atoms with Crippen molar-refractivity contribution < 1.29 is 5.11 Å². The van der Waals surface area contributed by atoms with Crippen LogP contribution in [0.3, 0.4) is 0 Å². The van der Waals surface area contributed by atoms with Gasteiger partial charge in [-0.2, -0.15) is 0 Å². The van der Waals surface area contributed by atoms with Crippen LogP contribution >= 0.6 is 0 Å². The van der Waals surface area contributed by atoms with Crippen LogP contribution in [-0.4, -0.2) is 36.8 Å². The number of hydrogen-bond acceptors (Lipinski definition) is 4. The number of likely N-dealkylation sites (N-methyl/N-ethyl adjacent to an activating group) is 1. The average molecular weight is 209 g/mol. The molecule has 1 aromatic rings. The minimum atomic E-state index is 0.156. The quantitative estimate of drug-likeness (QED) is 0.742. The Kier molecular flexibility index (Phi) is 4.90. The molecular formula is C11H19N3O. The molecule has 1 heterocycles. The summed E-state index contributed by atoms with van der Waals surface area (Å²) in [4.78, 5) is 6.13. The number of aromatic nitrogens is 1. The maximum atomic E-state index is 8.83. The van der Waals surface area contributed by atoms with Crippen molar-refractivity contribution in [2.75, 3.05) is 37.0 Å². The molecule has 1 aromatic heterocycles. The number of nitrogens with zero attached hydrogens (tertiary/aromatic N) is 2. The lowest BCUT2D eigenvalue weighted by molar-refractivity contribution is 0.304. The zero-order valence-electron chi connectivity index (χ0n) is 9.40. The smallest absolute Gasteiger partial charge is 0.0606 e. The van der Waals surface area contributed by atoms with Gasteiger partial charge in [-0.3, -0.25) is 4.98 Å². The van der Waals surface area contributed by atoms with Gasteiger partial charge < -0.3 is 15.3 Å². The van der Waals surface area contributed by atoms with Gasteiger partial charge in [-0.1, -0.05) is 6.92 Å². The highest BCUT2D eigenvalue weighted by Gasteiger charge is 2.01. The maximum Gasteiger partial charge on any atom is 0.0606 e. The van der Waals surface area contributed by atoms with Gasteiger partial charge in [-0.25, -0.2) is 0 Å². The molecular weight excluding hydrogens is 190 g/mol. The van der Waals surface area contributed by atoms with Crippen molar-refractivity contribution in [1.29, 1.82) is 0 Å². The number of hydrogen-bond donors (Lipinski definition) is 2. The lowest BCUT2D eigenvalue weighted by atomic mass is 10.3. The van der Waals surface area contributed by atoms with Gasteiger partial charge in [0.05, 0.1) is 30.4 Å². The van der Waals surface area contributed by atoms with E-state index >= 15 is 0 Å². The zero-order chi connectivity index (χ0) is 11.1. The molecule has 15 heavy (non-hydrogen) atoms. The molecule has 1 rings (SSSR count). The molecule has 0 saturated heterocycles. The molecule has 0 amide bonds. The Hall–Kier alpha value is -1.29. The third-order valence-corrected chi connectivity index (χ3v) is 2.18. The highest BCUT2D eigenvalue weighted by atomic mass is 16.3. The Balaban J connectivity index is 2.64. The Morgan fingerprint density at radius 2 is 2.27 bits per heavy atom. The second-order valence-corrected chi connectivity index (χ2v) is 3.50. The Labute approximate surface area is 90.9 Å². The van der Waals surface area contributed by atoms with E-state index in [2.05, 4.69) is 17.2 Å². The van der Waals surface area contributed by atoms with Crippen LogP contribution in [-0.2, 0) is 0 Å². The largest absolute Gasteiger partial charge is 0.395 e. The lowest BCUT2D eigenvalue weighted by Gasteiger charge is -2.18. The van der Waals surface area contributed by atoms with Crippen LogP contribution < -0.4 is 10.2 Å². The van der Waals surface area contributed by atoms with Gasteiger partial charge in [-0.05, 0) is 12.5 Å². The third kappa shape index (κ3) is 3.75. The van der Waals surface area contributed by atoms with E-state index in [-0.39, 0.29) is 6.61 Å². The first-order valence-corrected chi connectivity index (χ1v) is 5.29. The number of pyridine rings is 1. The van der Waals surface area contributed by atoms with Crippen molar-refractivity contribution >= 4 is 11.4 Å². The van der Waals surface area contributed by atoms with Crippen LogP contribution in [0.5, 0.6) is 0 Å². The van der Waals surface area contributed by atoms with E-state index in [1.165, 1.54) is 0 Å². The summed E-state index contributed by atoms with van der Waals surface area (Å²) in [6.07, 6.45) is 4.70. The Bertz CT molecular complexity index is 291. The predicted octanol–water partition coefficient (Wildman–Crippen LogP) is 1.33. The van der Waals surface area contributed by atoms with E-state index in [4.69, 9.17) is 5.11 Å². The molecule has 0 unspecified atom stereocenters. The Morgan fingerprint density at radius 3 is 2.93 bits per heavy atom. The summed E-state index contributed by atoms with van der Waals surface area (Å²) >= 11 is 0. The highest BCUT2D eigenvalue weighted by Crippen LogP contribution is 2.15. The summed E-state index contributed by atoms with van der Waals surface area (Å²) in [6, 6.07) is 2.04. The summed E-state index contributed by atoms with van der Waals surface area (Å²) in [5, 5.41) is 12.1. The molecule has 0 aliphatic carbocycles. The van der Waals surface area contributed by atoms with Crippen LogP contribution in [0.25, 0.3) is 0 Å². The predicted molar refractivity (Wildman–Crippen MR) is 63.4 cm³/mol. The van der Waals surface area contributed by atoms with Crippen molar-refractivity contribution in [3.05, 3.63) is 18.5 Å². The molecule has 0 radical (unpaired) electrons. The fraction of sp³-hybridized carbons (Fsp3) is 0.545. The van der Waals surface area contributed by atoms with E-state index in [0.717, 1.165) is 24.3 Å². The van der Waals surface area contributed by atoms with Gasteiger partial charge in [0.25, 0.3) is 0 Å². The van der Waals surface area contributed by atoms with Gasteiger partial charge in [0.2, 0.25) is 0 Å². The zero-order valence-corrected chi connectivity index (χ0v) is 9.40. The summed E-state index contributed by atoms with van der Waals surface area (Å²) < 4.78 is 0. The number of anilines is 2. The average Bonchev–Trinajstić information content (AvgIpc) is 2.27. The second-order valence-electron chi connectivity index (χ2n) is 3.50. The standard InChI is InChI=1S/C11H19N3O/c1-3-4-13-10-7-11(9-12-8-10)14(2)5-6-15/h7-9,13,15H,3-6H2,1-2H3. The molecule has 84 valence electrons. The lowest BCUT2D eigenvalue weighted by Crippen LogP contribution is -2.21. The third-order valence-electron chi connectivity index (χ3n) is 2.18. The number of aliphatic hydroxyl groups excluding tert-OH is 1. The molecule has 0 aromatic carbocycles. The fourth-order valence-electron chi connectivity index (χ4n) is 1.28. The minimum absolute atomic E-state index is 0.156. The van der Waals surface area contributed by atoms with Crippen LogP contribution in [0.1, 0.15) is 13.3 Å². The molecule has 0 fully saturated rings. The Morgan fingerprint density at radius 1 is 1.47 bits per heavy atom. The first-order chi connectivity index (χ1) is 7.27. The fourth-order valence-corrected chi connectivity index (χ4v) is 1.28. The van der Waals surface area contributed by atoms with Crippen LogP contribution in [0.15, 0.2) is 18.5 Å². The first-order valence-electron chi connectivity index (χ1n) is 5.29. The molecule has 0 saturated carbocycles. The van der Waals surface area contributed by atoms with Gasteiger partial charge in [0, 0.05) is 20.1 Å². The van der Waals surface area contributed by atoms with Crippen molar-refractivity contribution in [3.63, 3.8) is 0 Å². The summed E-state index contributed by atoms with van der Waals surface area (Å²) in [5.74, 6) is 0. The topological polar surface area (TPSA) is 48.4 Å². The second kappa shape index (κ2) is 6.24. The van der Waals surface area contributed by atoms with Crippen LogP contribution in [0.2, 0.25) is 0 Å². The molecule has 0 spiro atoms. The van der Waals surface area contributed by atoms with Gasteiger partial charge in [0.15, 0.2) is 0 Å². The minimum Gasteiger partial charge on any atom is -0.395 e. The van der Waals surface area contributed by atoms with E-state index in [0.29, 0.717) is 6.54 Å². The van der Waals surface area contributed by atoms with E-state index in [9.17, 15) is 0 Å². The molecule has 0 bridgehead atoms. The normalized spacial score (nSPS) is 10.1. The van der Waals surface area contributed by atoms with Crippen molar-refractivity contribution in [1.82, 2.24) is 4.98 Å². The molecule has 0 aliphatic rings. The number of nitrogens with one attached hydrogen (secondary N) is 1. The molecule has 4 heteroatoms. The van der Waals surface area contributed by atoms with Gasteiger partial charge in [-0.15, -0.1) is 0 Å². The van der Waals surface area contributed by atoms with Crippen LogP contribution in [0.4, 0.5) is 11.4 Å². The van der Waals surface area contributed by atoms with Crippen molar-refractivity contribution in [2.45, 2.75) is 13.3 Å². The first kappa shape index (κ1) is 11.8. The van der Waals surface area contributed by atoms with Gasteiger partial charge in [0.1, 0.15) is 0 Å². The summed E-state index contributed by atoms with van der Waals surface area (Å²) in [7, 11) is 1.94.